The molecule has 5 N–H and O–H groups in total. The lowest BCUT2D eigenvalue weighted by Gasteiger charge is -2.31. The van der Waals surface area contributed by atoms with E-state index in [0.717, 1.165) is 43.7 Å². The molecular weight excluding hydrogens is 314 g/mol. The molecule has 1 fully saturated rings. The highest BCUT2D eigenvalue weighted by atomic mass is 32.2. The van der Waals surface area contributed by atoms with Crippen molar-refractivity contribution >= 4 is 38.1 Å². The van der Waals surface area contributed by atoms with E-state index < -0.39 is 9.84 Å². The van der Waals surface area contributed by atoms with Crippen molar-refractivity contribution in [2.24, 2.45) is 5.73 Å². The highest BCUT2D eigenvalue weighted by Gasteiger charge is 2.25. The summed E-state index contributed by atoms with van der Waals surface area (Å²) in [7, 11) is -3.41. The van der Waals surface area contributed by atoms with Crippen molar-refractivity contribution in [1.29, 1.82) is 0 Å². The van der Waals surface area contributed by atoms with Gasteiger partial charge in [0.25, 0.3) is 0 Å². The average molecular weight is 333 g/mol. The number of nitrogen functional groups attached to an aromatic ring is 1. The van der Waals surface area contributed by atoms with E-state index in [2.05, 4.69) is 9.69 Å². The van der Waals surface area contributed by atoms with Crippen molar-refractivity contribution in [3.8, 4) is 0 Å². The average Bonchev–Trinajstić information content (AvgIpc) is 2.72. The van der Waals surface area contributed by atoms with E-state index in [9.17, 15) is 13.2 Å². The first-order chi connectivity index (χ1) is 9.77. The maximum atomic E-state index is 11.7. The third kappa shape index (κ3) is 4.05. The predicted molar refractivity (Wildman–Crippen MR) is 81.9 cm³/mol. The van der Waals surface area contributed by atoms with Gasteiger partial charge in [-0.1, -0.05) is 0 Å². The Hall–Kier alpha value is -1.39. The number of primary amides is 1. The summed E-state index contributed by atoms with van der Waals surface area (Å²) in [5.74, 6) is -0.299. The topological polar surface area (TPSA) is 131 Å². The molecule has 0 saturated carbocycles. The van der Waals surface area contributed by atoms with Crippen LogP contribution >= 0.6 is 11.5 Å². The summed E-state index contributed by atoms with van der Waals surface area (Å²) < 4.78 is 27.4. The first-order valence-corrected chi connectivity index (χ1v) is 9.16. The summed E-state index contributed by atoms with van der Waals surface area (Å²) in [6, 6.07) is 0.134. The lowest BCUT2D eigenvalue weighted by Crippen LogP contribution is -2.42. The smallest absolute Gasteiger partial charge is 0.231 e. The number of nitrogens with zero attached hydrogens (tertiary/aromatic N) is 2. The lowest BCUT2D eigenvalue weighted by molar-refractivity contribution is -0.119. The van der Waals surface area contributed by atoms with Crippen LogP contribution in [0.4, 0.5) is 10.8 Å². The molecular formula is C11H19N5O3S2. The minimum absolute atomic E-state index is 0.0381. The van der Waals surface area contributed by atoms with Crippen molar-refractivity contribution in [2.45, 2.75) is 23.8 Å². The molecule has 0 aliphatic carbocycles. The van der Waals surface area contributed by atoms with Crippen LogP contribution < -0.4 is 16.8 Å². The Bertz CT molecular complexity index is 620. The van der Waals surface area contributed by atoms with Gasteiger partial charge in [0, 0.05) is 25.4 Å². The zero-order valence-electron chi connectivity index (χ0n) is 11.7. The number of nitrogens with two attached hydrogens (primary N) is 2. The number of hydrogen-bond donors (Lipinski definition) is 3. The van der Waals surface area contributed by atoms with Crippen LogP contribution in [0.5, 0.6) is 0 Å². The summed E-state index contributed by atoms with van der Waals surface area (Å²) in [6.07, 6.45) is 2.72. The highest BCUT2D eigenvalue weighted by molar-refractivity contribution is 7.91. The van der Waals surface area contributed by atoms with Gasteiger partial charge in [-0.15, -0.1) is 0 Å². The van der Waals surface area contributed by atoms with Crippen molar-refractivity contribution in [1.82, 2.24) is 9.27 Å². The van der Waals surface area contributed by atoms with Gasteiger partial charge in [0.1, 0.15) is 9.90 Å². The molecule has 118 valence electrons. The molecule has 21 heavy (non-hydrogen) atoms. The zero-order chi connectivity index (χ0) is 15.6. The van der Waals surface area contributed by atoms with Crippen molar-refractivity contribution in [2.75, 3.05) is 36.9 Å². The summed E-state index contributed by atoms with van der Waals surface area (Å²) in [5.41, 5.74) is 10.8. The number of hydrogen-bond acceptors (Lipinski definition) is 8. The van der Waals surface area contributed by atoms with E-state index in [-0.39, 0.29) is 29.2 Å². The molecule has 0 spiro atoms. The molecule has 2 heterocycles. The molecule has 1 saturated heterocycles. The standard InChI is InChI=1S/C11H19N5O3S2/c1-21(18,19)9-10(13)15-20-11(9)14-7-2-4-16(5-3-7)6-8(12)17/h7,14H,2-6H2,1H3,(H2,12,17)(H2,13,15). The van der Waals surface area contributed by atoms with Crippen LogP contribution in [-0.4, -0.2) is 55.5 Å². The van der Waals surface area contributed by atoms with Crippen LogP contribution in [0.2, 0.25) is 0 Å². The van der Waals surface area contributed by atoms with Crippen LogP contribution in [0.25, 0.3) is 0 Å². The first kappa shape index (κ1) is 16.0. The number of rotatable bonds is 5. The fourth-order valence-corrected chi connectivity index (χ4v) is 4.52. The van der Waals surface area contributed by atoms with Gasteiger partial charge in [-0.05, 0) is 24.4 Å². The molecule has 1 aliphatic rings. The van der Waals surface area contributed by atoms with Gasteiger partial charge >= 0.3 is 0 Å². The Morgan fingerprint density at radius 1 is 1.48 bits per heavy atom. The number of sulfone groups is 1. The van der Waals surface area contributed by atoms with Crippen LogP contribution in [0.1, 0.15) is 12.8 Å². The number of likely N-dealkylation sites (tertiary alicyclic amines) is 1. The van der Waals surface area contributed by atoms with Gasteiger partial charge in [0.2, 0.25) is 5.91 Å². The van der Waals surface area contributed by atoms with E-state index in [4.69, 9.17) is 11.5 Å². The number of carbonyl (C=O) groups excluding carboxylic acids is 1. The monoisotopic (exact) mass is 333 g/mol. The predicted octanol–water partition coefficient (Wildman–Crippen LogP) is -0.510. The molecule has 1 aromatic heterocycles. The molecule has 0 radical (unpaired) electrons. The molecule has 2 rings (SSSR count). The van der Waals surface area contributed by atoms with Crippen LogP contribution in [-0.2, 0) is 14.6 Å². The normalized spacial score (nSPS) is 17.8. The minimum atomic E-state index is -3.41. The fourth-order valence-electron chi connectivity index (χ4n) is 2.39. The van der Waals surface area contributed by atoms with Gasteiger partial charge in [-0.2, -0.15) is 4.37 Å². The van der Waals surface area contributed by atoms with Crippen molar-refractivity contribution in [3.05, 3.63) is 0 Å². The number of anilines is 2. The molecule has 0 atom stereocenters. The summed E-state index contributed by atoms with van der Waals surface area (Å²) in [4.78, 5) is 12.9. The second-order valence-electron chi connectivity index (χ2n) is 5.16. The third-order valence-corrected chi connectivity index (χ3v) is 5.42. The summed E-state index contributed by atoms with van der Waals surface area (Å²) >= 11 is 1.06. The molecule has 1 aromatic rings. The molecule has 1 amide bonds. The number of amides is 1. The molecule has 10 heteroatoms. The number of nitrogens with one attached hydrogen (secondary N) is 1. The molecule has 0 bridgehead atoms. The second kappa shape index (κ2) is 6.16. The molecule has 1 aliphatic heterocycles. The van der Waals surface area contributed by atoms with Gasteiger partial charge in [-0.25, -0.2) is 8.42 Å². The van der Waals surface area contributed by atoms with Gasteiger partial charge in [0.15, 0.2) is 15.7 Å². The number of piperidine rings is 1. The maximum absolute atomic E-state index is 11.7. The quantitative estimate of drug-likeness (QED) is 0.661. The van der Waals surface area contributed by atoms with Gasteiger partial charge < -0.3 is 16.8 Å². The minimum Gasteiger partial charge on any atom is -0.382 e. The van der Waals surface area contributed by atoms with Crippen molar-refractivity contribution < 1.29 is 13.2 Å². The van der Waals surface area contributed by atoms with E-state index >= 15 is 0 Å². The van der Waals surface area contributed by atoms with Crippen molar-refractivity contribution in [3.63, 3.8) is 0 Å². The first-order valence-electron chi connectivity index (χ1n) is 6.49. The summed E-state index contributed by atoms with van der Waals surface area (Å²) in [5, 5.41) is 3.69. The molecule has 0 unspecified atom stereocenters. The van der Waals surface area contributed by atoms with E-state index in [0.29, 0.717) is 5.00 Å². The highest BCUT2D eigenvalue weighted by Crippen LogP contribution is 2.32. The molecule has 8 nitrogen and oxygen atoms in total. The Kier molecular flexibility index (Phi) is 4.69. The van der Waals surface area contributed by atoms with Gasteiger partial charge in [-0.3, -0.25) is 9.69 Å². The largest absolute Gasteiger partial charge is 0.382 e. The van der Waals surface area contributed by atoms with Crippen LogP contribution in [0, 0.1) is 0 Å². The van der Waals surface area contributed by atoms with E-state index in [1.54, 1.807) is 0 Å². The zero-order valence-corrected chi connectivity index (χ0v) is 13.3. The summed E-state index contributed by atoms with van der Waals surface area (Å²) in [6.45, 7) is 1.74. The second-order valence-corrected chi connectivity index (χ2v) is 7.89. The third-order valence-electron chi connectivity index (χ3n) is 3.35. The van der Waals surface area contributed by atoms with Crippen LogP contribution in [0.3, 0.4) is 0 Å². The van der Waals surface area contributed by atoms with Crippen LogP contribution in [0.15, 0.2) is 4.90 Å². The fraction of sp³-hybridized carbons (Fsp3) is 0.636. The lowest BCUT2D eigenvalue weighted by atomic mass is 10.1. The Morgan fingerprint density at radius 2 is 2.10 bits per heavy atom. The number of aromatic nitrogens is 1. The SMILES string of the molecule is CS(=O)(=O)c1c(N)nsc1NC1CCN(CC(N)=O)CC1. The Balaban J connectivity index is 2.00. The van der Waals surface area contributed by atoms with E-state index in [1.165, 1.54) is 0 Å². The maximum Gasteiger partial charge on any atom is 0.231 e. The Morgan fingerprint density at radius 3 is 2.62 bits per heavy atom. The van der Waals surface area contributed by atoms with Gasteiger partial charge in [0.05, 0.1) is 6.54 Å². The number of carbonyl (C=O) groups is 1. The van der Waals surface area contributed by atoms with E-state index in [1.807, 2.05) is 4.90 Å². The Labute approximate surface area is 127 Å². The molecule has 0 aromatic carbocycles.